The van der Waals surface area contributed by atoms with Crippen LogP contribution in [-0.4, -0.2) is 25.0 Å². The summed E-state index contributed by atoms with van der Waals surface area (Å²) in [4.78, 5) is 18.7. The molecule has 340 valence electrons. The first-order valence-electron chi connectivity index (χ1n) is 24.3. The lowest BCUT2D eigenvalue weighted by molar-refractivity contribution is -0.104. The second-order valence-electron chi connectivity index (χ2n) is 18.6. The van der Waals surface area contributed by atoms with Crippen molar-refractivity contribution in [1.82, 2.24) is 0 Å². The van der Waals surface area contributed by atoms with Crippen LogP contribution in [0.3, 0.4) is 0 Å². The zero-order chi connectivity index (χ0) is 47.0. The van der Waals surface area contributed by atoms with Gasteiger partial charge in [0, 0.05) is 22.5 Å². The molecule has 0 N–H and O–H groups in total. The van der Waals surface area contributed by atoms with Gasteiger partial charge in [0.2, 0.25) is 0 Å². The largest absolute Gasteiger partial charge is 0.481 e. The van der Waals surface area contributed by atoms with Crippen LogP contribution < -0.4 is 28.9 Å². The molecule has 14 rings (SSSR count). The molecule has 0 radical (unpaired) electrons. The average molecular weight is 920 g/mol. The topological polar surface area (TPSA) is 54.5 Å². The minimum atomic E-state index is -0.849. The molecular formula is C64H45N3O4. The van der Waals surface area contributed by atoms with Gasteiger partial charge in [0.1, 0.15) is 23.9 Å². The van der Waals surface area contributed by atoms with Crippen molar-refractivity contribution >= 4 is 52.1 Å². The number of anilines is 6. The predicted octanol–water partition coefficient (Wildman–Crippen LogP) is 14.6. The number of para-hydroxylation sites is 9. The van der Waals surface area contributed by atoms with Gasteiger partial charge in [-0.15, -0.1) is 0 Å². The summed E-state index contributed by atoms with van der Waals surface area (Å²) < 4.78 is 19.9. The van der Waals surface area contributed by atoms with Crippen LogP contribution in [0, 0.1) is 0 Å². The normalized spacial score (nSPS) is 21.3. The van der Waals surface area contributed by atoms with Gasteiger partial charge in [0.15, 0.2) is 17.2 Å². The van der Waals surface area contributed by atoms with E-state index in [0.717, 1.165) is 97.1 Å². The Morgan fingerprint density at radius 2 is 1.27 bits per heavy atom. The molecular weight excluding hydrogens is 875 g/mol. The molecule has 4 heterocycles. The monoisotopic (exact) mass is 919 g/mol. The Balaban J connectivity index is 1.06. The SMILES string of the molecule is O=C/C=C\C=C1/CN(c2ccc3c(c2)C2(C4=C(C=C5c6ccccc6OC5C=C4)N(c4ccccc4)c4ccccc42)C2=C(C=C3)C=CC(N3c4ccccc4Oc4ccccc43)C2)c2ccccc2O1. The van der Waals surface area contributed by atoms with Gasteiger partial charge < -0.3 is 28.9 Å². The van der Waals surface area contributed by atoms with Gasteiger partial charge in [0.25, 0.3) is 0 Å². The summed E-state index contributed by atoms with van der Waals surface area (Å²) in [5.74, 6) is 4.05. The lowest BCUT2D eigenvalue weighted by Crippen LogP contribution is -2.44. The molecule has 3 atom stereocenters. The Kier molecular flexibility index (Phi) is 9.39. The lowest BCUT2D eigenvalue weighted by Gasteiger charge is -2.50. The molecule has 71 heavy (non-hydrogen) atoms. The highest BCUT2D eigenvalue weighted by Crippen LogP contribution is 2.62. The van der Waals surface area contributed by atoms with Crippen LogP contribution in [0.1, 0.15) is 28.7 Å². The summed E-state index contributed by atoms with van der Waals surface area (Å²) >= 11 is 0. The number of benzene rings is 7. The van der Waals surface area contributed by atoms with Crippen molar-refractivity contribution in [2.24, 2.45) is 0 Å². The van der Waals surface area contributed by atoms with Gasteiger partial charge in [-0.2, -0.15) is 0 Å². The minimum absolute atomic E-state index is 0.0840. The Morgan fingerprint density at radius 1 is 0.577 bits per heavy atom. The van der Waals surface area contributed by atoms with Crippen molar-refractivity contribution in [2.75, 3.05) is 21.2 Å². The third kappa shape index (κ3) is 6.32. The highest BCUT2D eigenvalue weighted by atomic mass is 16.5. The molecule has 7 aliphatic rings. The van der Waals surface area contributed by atoms with Crippen molar-refractivity contribution in [3.8, 4) is 23.0 Å². The molecule has 3 unspecified atom stereocenters. The number of hydrogen-bond acceptors (Lipinski definition) is 7. The van der Waals surface area contributed by atoms with Crippen molar-refractivity contribution in [3.63, 3.8) is 0 Å². The first kappa shape index (κ1) is 40.9. The highest BCUT2D eigenvalue weighted by molar-refractivity contribution is 5.92. The number of aldehydes is 1. The maximum absolute atomic E-state index is 11.4. The van der Waals surface area contributed by atoms with Gasteiger partial charge in [-0.1, -0.05) is 134 Å². The van der Waals surface area contributed by atoms with Crippen molar-refractivity contribution in [1.29, 1.82) is 0 Å². The molecule has 0 aromatic heterocycles. The van der Waals surface area contributed by atoms with E-state index in [0.29, 0.717) is 13.0 Å². The second-order valence-corrected chi connectivity index (χ2v) is 18.6. The molecule has 7 nitrogen and oxygen atoms in total. The Bertz CT molecular complexity index is 3600. The Morgan fingerprint density at radius 3 is 2.06 bits per heavy atom. The molecule has 7 aromatic rings. The maximum Gasteiger partial charge on any atom is 0.151 e. The maximum atomic E-state index is 11.4. The van der Waals surface area contributed by atoms with Crippen molar-refractivity contribution in [3.05, 3.63) is 275 Å². The third-order valence-electron chi connectivity index (χ3n) is 14.9. The van der Waals surface area contributed by atoms with Gasteiger partial charge in [-0.3, -0.25) is 4.79 Å². The summed E-state index contributed by atoms with van der Waals surface area (Å²) in [5, 5.41) is 0. The van der Waals surface area contributed by atoms with Gasteiger partial charge in [0.05, 0.1) is 46.4 Å². The van der Waals surface area contributed by atoms with Gasteiger partial charge in [-0.05, 0) is 137 Å². The molecule has 3 aliphatic carbocycles. The summed E-state index contributed by atoms with van der Waals surface area (Å²) in [7, 11) is 0. The molecule has 0 amide bonds. The van der Waals surface area contributed by atoms with Crippen molar-refractivity contribution in [2.45, 2.75) is 24.0 Å². The van der Waals surface area contributed by atoms with Gasteiger partial charge >= 0.3 is 0 Å². The quantitative estimate of drug-likeness (QED) is 0.126. The molecule has 0 saturated heterocycles. The van der Waals surface area contributed by atoms with E-state index in [1.54, 1.807) is 6.08 Å². The van der Waals surface area contributed by atoms with E-state index in [1.807, 2.05) is 36.4 Å². The standard InChI is InChI=1S/C64H45N3O4/c68-37-15-14-18-47-41-65(55-22-7-11-26-61(55)69-47)45-33-31-42-29-30-43-32-34-46(67-56-23-8-12-27-62(56)71-63-28-13-9-24-57(63)67)39-53(43)64(52(42)38-45)50-20-5-6-21-54(50)66(44-16-2-1-3-17-44)58-40-49-48-19-4-10-25-59(48)70-60(49)36-35-51(58)64/h1-38,40,46,60H,39,41H2/b15-14-,47-18+. The van der Waals surface area contributed by atoms with E-state index >= 15 is 0 Å². The van der Waals surface area contributed by atoms with Crippen LogP contribution in [0.15, 0.2) is 253 Å². The Labute approximate surface area is 412 Å². The summed E-state index contributed by atoms with van der Waals surface area (Å²) in [5.41, 5.74) is 15.8. The zero-order valence-electron chi connectivity index (χ0n) is 38.6. The van der Waals surface area contributed by atoms with E-state index in [9.17, 15) is 4.79 Å². The fraction of sp³-hybridized carbons (Fsp3) is 0.0781. The van der Waals surface area contributed by atoms with Crippen LogP contribution in [-0.2, 0) is 10.2 Å². The second kappa shape index (κ2) is 16.3. The van der Waals surface area contributed by atoms with E-state index in [2.05, 4.69) is 197 Å². The molecule has 7 heteroatoms. The molecule has 0 saturated carbocycles. The minimum Gasteiger partial charge on any atom is -0.481 e. The summed E-state index contributed by atoms with van der Waals surface area (Å²) in [6.07, 6.45) is 22.8. The Hall–Kier alpha value is -9.07. The number of carbonyl (C=O) groups excluding carboxylic acids is 1. The van der Waals surface area contributed by atoms with Crippen LogP contribution in [0.2, 0.25) is 0 Å². The van der Waals surface area contributed by atoms with E-state index in [4.69, 9.17) is 14.2 Å². The number of carbonyl (C=O) groups is 1. The van der Waals surface area contributed by atoms with Crippen LogP contribution in [0.5, 0.6) is 23.0 Å². The molecule has 0 fully saturated rings. The number of nitrogens with zero attached hydrogens (tertiary/aromatic N) is 3. The van der Waals surface area contributed by atoms with E-state index < -0.39 is 5.41 Å². The number of hydrogen-bond donors (Lipinski definition) is 0. The summed E-state index contributed by atoms with van der Waals surface area (Å²) in [6.45, 7) is 0.465. The summed E-state index contributed by atoms with van der Waals surface area (Å²) in [6, 6.07) is 60.1. The fourth-order valence-corrected chi connectivity index (χ4v) is 11.9. The van der Waals surface area contributed by atoms with Crippen molar-refractivity contribution < 1.29 is 19.0 Å². The number of ether oxygens (including phenoxy) is 3. The van der Waals surface area contributed by atoms with Crippen LogP contribution >= 0.6 is 0 Å². The zero-order valence-corrected chi connectivity index (χ0v) is 38.6. The molecule has 1 spiro atoms. The molecule has 7 aromatic carbocycles. The number of allylic oxidation sites excluding steroid dienone is 9. The molecule has 0 bridgehead atoms. The van der Waals surface area contributed by atoms with Crippen LogP contribution in [0.25, 0.3) is 11.6 Å². The fourth-order valence-electron chi connectivity index (χ4n) is 11.9. The predicted molar refractivity (Wildman–Crippen MR) is 283 cm³/mol. The molecule has 4 aliphatic heterocycles. The van der Waals surface area contributed by atoms with Crippen LogP contribution in [0.4, 0.5) is 34.1 Å². The third-order valence-corrected chi connectivity index (χ3v) is 14.9. The number of fused-ring (bicyclic) bond motifs is 12. The smallest absolute Gasteiger partial charge is 0.151 e. The van der Waals surface area contributed by atoms with E-state index in [-0.39, 0.29) is 12.1 Å². The van der Waals surface area contributed by atoms with E-state index in [1.165, 1.54) is 28.3 Å². The lowest BCUT2D eigenvalue weighted by atomic mass is 9.58. The first-order valence-corrected chi connectivity index (χ1v) is 24.3. The van der Waals surface area contributed by atoms with Gasteiger partial charge in [-0.25, -0.2) is 0 Å². The average Bonchev–Trinajstić information content (AvgIpc) is 3.57. The number of rotatable bonds is 5. The first-order chi connectivity index (χ1) is 35.2. The highest BCUT2D eigenvalue weighted by Gasteiger charge is 2.52.